The van der Waals surface area contributed by atoms with Gasteiger partial charge in [0.15, 0.2) is 6.29 Å². The quantitative estimate of drug-likeness (QED) is 0.119. The smallest absolute Gasteiger partial charge is 0.309 e. The van der Waals surface area contributed by atoms with Crippen molar-refractivity contribution < 1.29 is 73.1 Å². The molecule has 3 aliphatic rings. The lowest BCUT2D eigenvalue weighted by molar-refractivity contribution is -0.305. The number of amides is 1. The third-order valence-electron chi connectivity index (χ3n) is 16.6. The molecule has 0 aliphatic carbocycles. The van der Waals surface area contributed by atoms with E-state index < -0.39 is 132 Å². The van der Waals surface area contributed by atoms with Crippen LogP contribution in [0.15, 0.2) is 36.7 Å². The Kier molecular flexibility index (Phi) is 21.1. The molecule has 1 aromatic carbocycles. The summed E-state index contributed by atoms with van der Waals surface area (Å²) in [6, 6.07) is 6.05. The number of aliphatic hydroxyl groups is 5. The van der Waals surface area contributed by atoms with E-state index in [9.17, 15) is 39.9 Å². The second-order valence-electron chi connectivity index (χ2n) is 21.9. The number of anilines is 1. The average Bonchev–Trinajstić information content (AvgIpc) is 3.37. The first-order valence-electron chi connectivity index (χ1n) is 26.1. The summed E-state index contributed by atoms with van der Waals surface area (Å²) >= 11 is 0. The molecule has 3 saturated heterocycles. The van der Waals surface area contributed by atoms with Crippen molar-refractivity contribution in [2.45, 2.75) is 191 Å². The number of aliphatic hydroxyl groups excluding tert-OH is 4. The molecular weight excluding hydrogens is 959 g/mol. The number of likely N-dealkylation sites (N-methyl/N-ethyl adjacent to an activating group) is 1. The van der Waals surface area contributed by atoms with E-state index in [1.54, 1.807) is 61.0 Å². The minimum atomic E-state index is -2.01. The van der Waals surface area contributed by atoms with Crippen LogP contribution in [0.2, 0.25) is 0 Å². The van der Waals surface area contributed by atoms with Gasteiger partial charge in [0.05, 0.1) is 60.3 Å². The minimum Gasteiger partial charge on any atom is -0.459 e. The van der Waals surface area contributed by atoms with E-state index >= 15 is 0 Å². The fourth-order valence-corrected chi connectivity index (χ4v) is 11.9. The topological polar surface area (TPSA) is 284 Å². The summed E-state index contributed by atoms with van der Waals surface area (Å²) in [6.45, 7) is 16.9. The van der Waals surface area contributed by atoms with Gasteiger partial charge in [0.1, 0.15) is 35.8 Å². The number of nitrogens with one attached hydrogen (secondary N) is 1. The predicted molar refractivity (Wildman–Crippen MR) is 274 cm³/mol. The van der Waals surface area contributed by atoms with Crippen LogP contribution in [0.4, 0.5) is 5.95 Å². The number of nitrogens with zero attached hydrogens (tertiary/aromatic N) is 3. The number of ether oxygens (including phenoxy) is 7. The Balaban J connectivity index is 1.43. The number of aromatic nitrogens is 2. The zero-order valence-corrected chi connectivity index (χ0v) is 46.0. The van der Waals surface area contributed by atoms with Gasteiger partial charge in [-0.05, 0) is 78.0 Å². The van der Waals surface area contributed by atoms with Crippen molar-refractivity contribution in [2.24, 2.45) is 29.6 Å². The number of carbonyl (C=O) groups excluding carboxylic acids is 3. The Morgan fingerprint density at radius 3 is 2.09 bits per heavy atom. The molecule has 20 heteroatoms. The molecule has 1 unspecified atom stereocenters. The van der Waals surface area contributed by atoms with Gasteiger partial charge in [0.2, 0.25) is 11.9 Å². The number of nitrogen functional groups attached to an aromatic ring is 1. The number of nitrogens with two attached hydrogens (primary N) is 1. The average molecular weight is 1050 g/mol. The van der Waals surface area contributed by atoms with Crippen LogP contribution in [-0.4, -0.2) is 184 Å². The lowest BCUT2D eigenvalue weighted by Gasteiger charge is -2.52. The SMILES string of the molecule is CC[C@H]1OC(=O)[C@H](C)[C@@H](C2C[C@@](C)(OC)[C@@H](O)[C@H](C)O2)[C@H](C)[C@@H](O[C@@H]2O[C@H](C)C[C@H](N(C)CCC(=O)N[C@H](CO)[C@H](OC)c3ccc(-c4cnc(N)nc4)cc3)[C@H]2O)[C@](C)(OC)C[C@@H](C)C(=O)[C@H](C)[C@@H](O)[C@]1(C)O. The van der Waals surface area contributed by atoms with E-state index in [2.05, 4.69) is 15.3 Å². The van der Waals surface area contributed by atoms with E-state index in [1.165, 1.54) is 35.2 Å². The summed E-state index contributed by atoms with van der Waals surface area (Å²) < 4.78 is 44.4. The Bertz CT molecular complexity index is 2140. The molecule has 418 valence electrons. The van der Waals surface area contributed by atoms with E-state index in [-0.39, 0.29) is 49.9 Å². The zero-order valence-electron chi connectivity index (χ0n) is 46.0. The molecule has 74 heavy (non-hydrogen) atoms. The fraction of sp³-hybridized carbons (Fsp3) is 0.759. The molecule has 2 aromatic rings. The first kappa shape index (κ1) is 61.1. The number of Topliss-reactive ketones (excluding diaryl/α,β-unsaturated/α-hetero) is 1. The van der Waals surface area contributed by atoms with Crippen LogP contribution in [0.3, 0.4) is 0 Å². The largest absolute Gasteiger partial charge is 0.459 e. The van der Waals surface area contributed by atoms with E-state index in [0.717, 1.165) is 16.7 Å². The third kappa shape index (κ3) is 13.5. The van der Waals surface area contributed by atoms with E-state index in [0.29, 0.717) is 6.42 Å². The summed E-state index contributed by atoms with van der Waals surface area (Å²) in [5.74, 6) is -5.52. The van der Waals surface area contributed by atoms with E-state index in [1.807, 2.05) is 43.0 Å². The summed E-state index contributed by atoms with van der Waals surface area (Å²) in [5.41, 5.74) is 3.54. The van der Waals surface area contributed by atoms with Crippen LogP contribution < -0.4 is 11.1 Å². The van der Waals surface area contributed by atoms with Crippen LogP contribution in [0.1, 0.15) is 113 Å². The van der Waals surface area contributed by atoms with E-state index in [4.69, 9.17) is 38.9 Å². The van der Waals surface area contributed by atoms with Gasteiger partial charge in [-0.25, -0.2) is 9.97 Å². The number of hydrogen-bond acceptors (Lipinski definition) is 19. The van der Waals surface area contributed by atoms with Crippen LogP contribution in [0.25, 0.3) is 11.1 Å². The number of ketones is 1. The Hall–Kier alpha value is -3.77. The lowest BCUT2D eigenvalue weighted by Crippen LogP contribution is -2.62. The molecule has 1 amide bonds. The van der Waals surface area contributed by atoms with Gasteiger partial charge in [0, 0.05) is 82.5 Å². The number of cyclic esters (lactones) is 1. The monoisotopic (exact) mass is 1050 g/mol. The lowest BCUT2D eigenvalue weighted by atomic mass is 9.67. The molecule has 4 heterocycles. The van der Waals surface area contributed by atoms with Gasteiger partial charge in [-0.3, -0.25) is 14.4 Å². The van der Waals surface area contributed by atoms with Crippen LogP contribution in [0.5, 0.6) is 0 Å². The second-order valence-corrected chi connectivity index (χ2v) is 21.9. The number of hydrogen-bond donors (Lipinski definition) is 7. The molecular formula is C54H87N5O15. The van der Waals surface area contributed by atoms with Gasteiger partial charge < -0.3 is 74.6 Å². The summed E-state index contributed by atoms with van der Waals surface area (Å²) in [4.78, 5) is 52.5. The van der Waals surface area contributed by atoms with Crippen LogP contribution in [-0.2, 0) is 47.5 Å². The number of carbonyl (C=O) groups is 3. The maximum absolute atomic E-state index is 14.6. The van der Waals surface area contributed by atoms with Gasteiger partial charge in [0.25, 0.3) is 0 Å². The summed E-state index contributed by atoms with van der Waals surface area (Å²) in [7, 11) is 6.30. The number of rotatable bonds is 16. The molecule has 0 radical (unpaired) electrons. The number of esters is 1. The van der Waals surface area contributed by atoms with Crippen molar-refractivity contribution in [1.82, 2.24) is 20.2 Å². The Labute approximate surface area is 437 Å². The Morgan fingerprint density at radius 1 is 0.905 bits per heavy atom. The van der Waals surface area contributed by atoms with Crippen molar-refractivity contribution in [1.29, 1.82) is 0 Å². The number of methoxy groups -OCH3 is 3. The molecule has 3 aliphatic heterocycles. The van der Waals surface area contributed by atoms with Crippen LogP contribution >= 0.6 is 0 Å². The Morgan fingerprint density at radius 2 is 1.53 bits per heavy atom. The molecule has 0 bridgehead atoms. The van der Waals surface area contributed by atoms with Gasteiger partial charge >= 0.3 is 5.97 Å². The summed E-state index contributed by atoms with van der Waals surface area (Å²) in [6.07, 6.45) is -6.11. The predicted octanol–water partition coefficient (Wildman–Crippen LogP) is 3.38. The highest BCUT2D eigenvalue weighted by atomic mass is 16.7. The maximum Gasteiger partial charge on any atom is 0.309 e. The first-order chi connectivity index (χ1) is 34.7. The first-order valence-corrected chi connectivity index (χ1v) is 26.1. The van der Waals surface area contributed by atoms with Crippen molar-refractivity contribution >= 4 is 23.6 Å². The molecule has 1 aromatic heterocycles. The second kappa shape index (κ2) is 25.6. The molecule has 3 fully saturated rings. The third-order valence-corrected chi connectivity index (χ3v) is 16.6. The zero-order chi connectivity index (χ0) is 55.2. The maximum atomic E-state index is 14.6. The molecule has 20 nitrogen and oxygen atoms in total. The minimum absolute atomic E-state index is 0.00280. The van der Waals surface area contributed by atoms with Crippen molar-refractivity contribution in [3.8, 4) is 11.1 Å². The van der Waals surface area contributed by atoms with Crippen molar-refractivity contribution in [3.63, 3.8) is 0 Å². The highest BCUT2D eigenvalue weighted by Gasteiger charge is 2.56. The highest BCUT2D eigenvalue weighted by molar-refractivity contribution is 5.83. The molecule has 8 N–H and O–H groups in total. The van der Waals surface area contributed by atoms with Gasteiger partial charge in [-0.2, -0.15) is 0 Å². The highest BCUT2D eigenvalue weighted by Crippen LogP contribution is 2.46. The molecule has 5 rings (SSSR count). The molecule has 20 atom stereocenters. The van der Waals surface area contributed by atoms with Crippen molar-refractivity contribution in [2.75, 3.05) is 47.3 Å². The van der Waals surface area contributed by atoms with Crippen LogP contribution in [0, 0.1) is 29.6 Å². The van der Waals surface area contributed by atoms with Gasteiger partial charge in [-0.1, -0.05) is 58.9 Å². The summed E-state index contributed by atoms with van der Waals surface area (Å²) in [5, 5.41) is 60.5. The molecule has 0 spiro atoms. The van der Waals surface area contributed by atoms with Gasteiger partial charge in [-0.15, -0.1) is 0 Å². The normalized spacial score (nSPS) is 38.7. The van der Waals surface area contributed by atoms with Crippen molar-refractivity contribution in [3.05, 3.63) is 42.2 Å². The molecule has 0 saturated carbocycles. The standard InChI is InChI=1S/C54H87N5O15/c1-15-40-54(10,67)46(64)32(6)43(62)28(2)23-53(9,70-14)48(30(4)42(31(5)49(66)73-40)39-24-52(8,69-13)47(65)33(7)72-39)74-50-44(63)38(22-29(3)71-50)59(11)21-20-41(61)58-37(27-60)45(68-12)35-18-16-34(17-19-35)36-25-56-51(55)57-26-36/h16-19,25-26,28-33,37-40,42,44-48,50,60,63-65,67H,15,20-24,27H2,1-14H3,(H,58,61)(H2,55,56,57)/t28-,29-,30+,31-,32+,33+,37-,38+,39?,40-,42+,44-,45-,46-,47+,48-,50+,52-,53-,54-/m1/s1. The number of benzene rings is 1. The fourth-order valence-electron chi connectivity index (χ4n) is 11.9.